The van der Waals surface area contributed by atoms with Gasteiger partial charge in [0.05, 0.1) is 11.3 Å². The number of nitrogens with zero attached hydrogens (tertiary/aromatic N) is 2. The quantitative estimate of drug-likeness (QED) is 0.683. The standard InChI is InChI=1S/C11H12N2/c1-13(10-6-7-10)11-5-3-2-4-9(11)8-12/h2-5,10H,6-7H2,1H3. The molecule has 66 valence electrons. The lowest BCUT2D eigenvalue weighted by atomic mass is 10.2. The molecule has 1 aliphatic rings. The van der Waals surface area contributed by atoms with Crippen molar-refractivity contribution in [3.8, 4) is 6.07 Å². The van der Waals surface area contributed by atoms with Gasteiger partial charge < -0.3 is 4.90 Å². The SMILES string of the molecule is CN(c1ccccc1C#N)C1CC1. The fraction of sp³-hybridized carbons (Fsp3) is 0.364. The highest BCUT2D eigenvalue weighted by Gasteiger charge is 2.27. The molecule has 2 nitrogen and oxygen atoms in total. The van der Waals surface area contributed by atoms with Crippen molar-refractivity contribution in [2.45, 2.75) is 18.9 Å². The van der Waals surface area contributed by atoms with Crippen molar-refractivity contribution >= 4 is 5.69 Å². The molecule has 0 bridgehead atoms. The van der Waals surface area contributed by atoms with Crippen LogP contribution in [0.3, 0.4) is 0 Å². The number of hydrogen-bond donors (Lipinski definition) is 0. The smallest absolute Gasteiger partial charge is 0.101 e. The lowest BCUT2D eigenvalue weighted by molar-refractivity contribution is 0.915. The molecule has 0 spiro atoms. The average molecular weight is 172 g/mol. The normalized spacial score (nSPS) is 15.1. The number of nitriles is 1. The van der Waals surface area contributed by atoms with Crippen LogP contribution in [0.15, 0.2) is 24.3 Å². The highest BCUT2D eigenvalue weighted by Crippen LogP contribution is 2.31. The third kappa shape index (κ3) is 1.50. The summed E-state index contributed by atoms with van der Waals surface area (Å²) in [6, 6.07) is 10.6. The van der Waals surface area contributed by atoms with E-state index in [9.17, 15) is 0 Å². The molecule has 0 aliphatic heterocycles. The topological polar surface area (TPSA) is 27.0 Å². The zero-order chi connectivity index (χ0) is 9.26. The van der Waals surface area contributed by atoms with Gasteiger partial charge in [0.1, 0.15) is 6.07 Å². The summed E-state index contributed by atoms with van der Waals surface area (Å²) in [5.74, 6) is 0. The average Bonchev–Trinajstić information content (AvgIpc) is 3.00. The van der Waals surface area contributed by atoms with Gasteiger partial charge in [-0.25, -0.2) is 0 Å². The predicted molar refractivity (Wildman–Crippen MR) is 52.6 cm³/mol. The summed E-state index contributed by atoms with van der Waals surface area (Å²) in [5.41, 5.74) is 1.84. The molecule has 0 saturated heterocycles. The zero-order valence-electron chi connectivity index (χ0n) is 7.70. The minimum absolute atomic E-state index is 0.662. The predicted octanol–water partition coefficient (Wildman–Crippen LogP) is 2.16. The summed E-state index contributed by atoms with van der Waals surface area (Å²) in [6.45, 7) is 0. The van der Waals surface area contributed by atoms with Crippen LogP contribution >= 0.6 is 0 Å². The lowest BCUT2D eigenvalue weighted by Crippen LogP contribution is -2.20. The van der Waals surface area contributed by atoms with Gasteiger partial charge in [-0.1, -0.05) is 12.1 Å². The van der Waals surface area contributed by atoms with Gasteiger partial charge in [0.15, 0.2) is 0 Å². The van der Waals surface area contributed by atoms with Crippen molar-refractivity contribution in [1.82, 2.24) is 0 Å². The van der Waals surface area contributed by atoms with Crippen LogP contribution in [0.2, 0.25) is 0 Å². The first-order valence-electron chi connectivity index (χ1n) is 4.55. The number of rotatable bonds is 2. The van der Waals surface area contributed by atoms with Crippen LogP contribution in [0.25, 0.3) is 0 Å². The zero-order valence-corrected chi connectivity index (χ0v) is 7.70. The number of para-hydroxylation sites is 1. The van der Waals surface area contributed by atoms with E-state index in [0.29, 0.717) is 6.04 Å². The maximum atomic E-state index is 8.89. The Labute approximate surface area is 78.4 Å². The summed E-state index contributed by atoms with van der Waals surface area (Å²) >= 11 is 0. The van der Waals surface area contributed by atoms with Crippen molar-refractivity contribution in [1.29, 1.82) is 5.26 Å². The molecule has 2 rings (SSSR count). The van der Waals surface area contributed by atoms with Gasteiger partial charge in [-0.2, -0.15) is 5.26 Å². The second kappa shape index (κ2) is 3.10. The molecule has 0 N–H and O–H groups in total. The molecule has 1 fully saturated rings. The van der Waals surface area contributed by atoms with Crippen LogP contribution in [-0.2, 0) is 0 Å². The van der Waals surface area contributed by atoms with E-state index in [4.69, 9.17) is 5.26 Å². The van der Waals surface area contributed by atoms with Crippen LogP contribution in [0, 0.1) is 11.3 Å². The summed E-state index contributed by atoms with van der Waals surface area (Å²) in [5, 5.41) is 8.89. The van der Waals surface area contributed by atoms with Gasteiger partial charge in [-0.05, 0) is 25.0 Å². The number of benzene rings is 1. The van der Waals surface area contributed by atoms with Gasteiger partial charge >= 0.3 is 0 Å². The minimum atomic E-state index is 0.662. The Morgan fingerprint density at radius 1 is 1.38 bits per heavy atom. The number of hydrogen-bond acceptors (Lipinski definition) is 2. The van der Waals surface area contributed by atoms with Gasteiger partial charge in [-0.3, -0.25) is 0 Å². The Balaban J connectivity index is 2.32. The monoisotopic (exact) mass is 172 g/mol. The maximum Gasteiger partial charge on any atom is 0.101 e. The van der Waals surface area contributed by atoms with Gasteiger partial charge in [-0.15, -0.1) is 0 Å². The van der Waals surface area contributed by atoms with E-state index in [2.05, 4.69) is 18.0 Å². The van der Waals surface area contributed by atoms with Crippen molar-refractivity contribution < 1.29 is 0 Å². The lowest BCUT2D eigenvalue weighted by Gasteiger charge is -2.19. The van der Waals surface area contributed by atoms with Crippen molar-refractivity contribution in [2.75, 3.05) is 11.9 Å². The summed E-state index contributed by atoms with van der Waals surface area (Å²) in [4.78, 5) is 2.21. The molecule has 1 aromatic carbocycles. The third-order valence-corrected chi connectivity index (χ3v) is 2.50. The van der Waals surface area contributed by atoms with Crippen molar-refractivity contribution in [2.24, 2.45) is 0 Å². The Morgan fingerprint density at radius 2 is 2.08 bits per heavy atom. The van der Waals surface area contributed by atoms with Gasteiger partial charge in [0.2, 0.25) is 0 Å². The van der Waals surface area contributed by atoms with Crippen LogP contribution in [0.1, 0.15) is 18.4 Å². The summed E-state index contributed by atoms with van der Waals surface area (Å²) in [7, 11) is 2.06. The van der Waals surface area contributed by atoms with Gasteiger partial charge in [0, 0.05) is 13.1 Å². The molecular formula is C11H12N2. The Kier molecular flexibility index (Phi) is 1.94. The molecule has 0 radical (unpaired) electrons. The molecule has 0 aromatic heterocycles. The molecule has 0 atom stereocenters. The van der Waals surface area contributed by atoms with E-state index in [1.807, 2.05) is 24.3 Å². The Bertz CT molecular complexity index is 347. The second-order valence-electron chi connectivity index (χ2n) is 3.47. The molecule has 0 heterocycles. The van der Waals surface area contributed by atoms with Gasteiger partial charge in [0.25, 0.3) is 0 Å². The molecule has 1 saturated carbocycles. The van der Waals surface area contributed by atoms with Crippen LogP contribution < -0.4 is 4.90 Å². The van der Waals surface area contributed by atoms with Crippen LogP contribution in [0.4, 0.5) is 5.69 Å². The van der Waals surface area contributed by atoms with E-state index in [-0.39, 0.29) is 0 Å². The van der Waals surface area contributed by atoms with Crippen LogP contribution in [0.5, 0.6) is 0 Å². The third-order valence-electron chi connectivity index (χ3n) is 2.50. The van der Waals surface area contributed by atoms with E-state index in [0.717, 1.165) is 11.3 Å². The molecule has 13 heavy (non-hydrogen) atoms. The number of anilines is 1. The fourth-order valence-corrected chi connectivity index (χ4v) is 1.53. The van der Waals surface area contributed by atoms with Crippen molar-refractivity contribution in [3.05, 3.63) is 29.8 Å². The first-order valence-corrected chi connectivity index (χ1v) is 4.55. The largest absolute Gasteiger partial charge is 0.371 e. The minimum Gasteiger partial charge on any atom is -0.371 e. The first-order chi connectivity index (χ1) is 6.33. The van der Waals surface area contributed by atoms with Crippen LogP contribution in [-0.4, -0.2) is 13.1 Å². The molecule has 1 aromatic rings. The Morgan fingerprint density at radius 3 is 2.69 bits per heavy atom. The Hall–Kier alpha value is -1.49. The van der Waals surface area contributed by atoms with Crippen molar-refractivity contribution in [3.63, 3.8) is 0 Å². The maximum absolute atomic E-state index is 8.89. The molecule has 0 amide bonds. The van der Waals surface area contributed by atoms with E-state index >= 15 is 0 Å². The second-order valence-corrected chi connectivity index (χ2v) is 3.47. The molecule has 2 heteroatoms. The fourth-order valence-electron chi connectivity index (χ4n) is 1.53. The highest BCUT2D eigenvalue weighted by molar-refractivity contribution is 5.59. The molecular weight excluding hydrogens is 160 g/mol. The summed E-state index contributed by atoms with van der Waals surface area (Å²) < 4.78 is 0. The van der Waals surface area contributed by atoms with E-state index in [1.165, 1.54) is 12.8 Å². The first kappa shape index (κ1) is 8.12. The van der Waals surface area contributed by atoms with E-state index < -0.39 is 0 Å². The molecule has 1 aliphatic carbocycles. The highest BCUT2D eigenvalue weighted by atomic mass is 15.2. The summed E-state index contributed by atoms with van der Waals surface area (Å²) in [6.07, 6.45) is 2.52. The van der Waals surface area contributed by atoms with E-state index in [1.54, 1.807) is 0 Å². The molecule has 0 unspecified atom stereocenters.